The number of carbonyl (C=O) groups excluding carboxylic acids is 1. The van der Waals surface area contributed by atoms with E-state index in [1.54, 1.807) is 6.92 Å². The van der Waals surface area contributed by atoms with Crippen molar-refractivity contribution in [3.8, 4) is 18.1 Å². The van der Waals surface area contributed by atoms with E-state index in [0.717, 1.165) is 6.26 Å². The zero-order valence-electron chi connectivity index (χ0n) is 15.4. The molecule has 0 radical (unpaired) electrons. The number of ether oxygens (including phenoxy) is 1. The van der Waals surface area contributed by atoms with Gasteiger partial charge in [0, 0.05) is 33.9 Å². The van der Waals surface area contributed by atoms with Crippen molar-refractivity contribution in [3.05, 3.63) is 38.9 Å². The molecule has 2 unspecified atom stereocenters. The monoisotopic (exact) mass is 426 g/mol. The minimum absolute atomic E-state index is 0.0130. The van der Waals surface area contributed by atoms with Crippen LogP contribution in [0.25, 0.3) is 0 Å². The van der Waals surface area contributed by atoms with Gasteiger partial charge in [0.1, 0.15) is 17.9 Å². The van der Waals surface area contributed by atoms with Crippen molar-refractivity contribution in [2.45, 2.75) is 32.1 Å². The molecule has 0 saturated heterocycles. The minimum Gasteiger partial charge on any atom is -0.507 e. The van der Waals surface area contributed by atoms with Crippen molar-refractivity contribution in [2.24, 2.45) is 5.92 Å². The minimum atomic E-state index is -3.90. The number of carboxylic acids is 1. The van der Waals surface area contributed by atoms with Gasteiger partial charge in [-0.3, -0.25) is 4.79 Å². The molecule has 9 heteroatoms. The average molecular weight is 427 g/mol. The number of cyclic esters (lactones) is 1. The second-order valence-corrected chi connectivity index (χ2v) is 9.17. The first-order valence-electron chi connectivity index (χ1n) is 8.20. The summed E-state index contributed by atoms with van der Waals surface area (Å²) in [7, 11) is -3.90. The van der Waals surface area contributed by atoms with Gasteiger partial charge < -0.3 is 14.9 Å². The van der Waals surface area contributed by atoms with E-state index in [0.29, 0.717) is 16.7 Å². The summed E-state index contributed by atoms with van der Waals surface area (Å²) >= 11 is 6.17. The van der Waals surface area contributed by atoms with Crippen LogP contribution >= 0.6 is 11.6 Å². The molecule has 1 aliphatic rings. The normalized spacial score (nSPS) is 16.1. The van der Waals surface area contributed by atoms with E-state index in [1.807, 2.05) is 0 Å². The van der Waals surface area contributed by atoms with Gasteiger partial charge in [-0.15, -0.1) is 6.42 Å². The fraction of sp³-hybridized carbons (Fsp3) is 0.368. The number of fused-ring (bicyclic) bond motifs is 1. The van der Waals surface area contributed by atoms with Crippen LogP contribution in [0.5, 0.6) is 5.75 Å². The van der Waals surface area contributed by atoms with Crippen molar-refractivity contribution >= 4 is 33.4 Å². The zero-order valence-corrected chi connectivity index (χ0v) is 17.0. The number of hydrogen-bond donors (Lipinski definition) is 2. The highest BCUT2D eigenvalue weighted by Gasteiger charge is 2.36. The lowest BCUT2D eigenvalue weighted by molar-refractivity contribution is -0.137. The fourth-order valence-corrected chi connectivity index (χ4v) is 4.81. The Morgan fingerprint density at radius 2 is 2.07 bits per heavy atom. The molecule has 0 amide bonds. The number of rotatable bonds is 6. The molecule has 0 aromatic heterocycles. The van der Waals surface area contributed by atoms with E-state index >= 15 is 0 Å². The van der Waals surface area contributed by atoms with Gasteiger partial charge in [-0.1, -0.05) is 30.5 Å². The Morgan fingerprint density at radius 3 is 2.57 bits per heavy atom. The molecule has 1 aliphatic heterocycles. The quantitative estimate of drug-likeness (QED) is 0.528. The summed E-state index contributed by atoms with van der Waals surface area (Å²) < 4.78 is 28.5. The number of terminal acetylenes is 1. The van der Waals surface area contributed by atoms with Crippen LogP contribution in [0.1, 0.15) is 39.5 Å². The first-order valence-corrected chi connectivity index (χ1v) is 10.5. The van der Waals surface area contributed by atoms with Crippen molar-refractivity contribution < 1.29 is 33.0 Å². The summed E-state index contributed by atoms with van der Waals surface area (Å²) in [5.41, 5.74) is 1.82. The standard InChI is InChI=1S/C19H19ClO7S/c1-5-11-9(2)13-8-27-19(24)15(13)16(21)12(11)6-7-14(20)10(3)17(18(22)23)28(4,25)26/h1,7,10,17,21H,6,8H2,2-4H3,(H,22,23)/b14-7+. The second kappa shape index (κ2) is 7.86. The Kier molecular flexibility index (Phi) is 6.12. The number of carbonyl (C=O) groups is 2. The van der Waals surface area contributed by atoms with Crippen LogP contribution in [0.15, 0.2) is 11.1 Å². The number of phenolic OH excluding ortho intramolecular Hbond substituents is 1. The van der Waals surface area contributed by atoms with Crippen LogP contribution in [0.4, 0.5) is 0 Å². The summed E-state index contributed by atoms with van der Waals surface area (Å²) in [6.07, 6.45) is 7.75. The van der Waals surface area contributed by atoms with E-state index < -0.39 is 32.9 Å². The van der Waals surface area contributed by atoms with Crippen LogP contribution < -0.4 is 0 Å². The predicted molar refractivity (Wildman–Crippen MR) is 103 cm³/mol. The maximum Gasteiger partial charge on any atom is 0.342 e. The van der Waals surface area contributed by atoms with E-state index in [4.69, 9.17) is 22.8 Å². The summed E-state index contributed by atoms with van der Waals surface area (Å²) in [5.74, 6) is -1.03. The lowest BCUT2D eigenvalue weighted by Crippen LogP contribution is -2.35. The van der Waals surface area contributed by atoms with E-state index in [2.05, 4.69) is 5.92 Å². The van der Waals surface area contributed by atoms with Crippen LogP contribution in [0.2, 0.25) is 0 Å². The Labute approximate surface area is 167 Å². The first-order chi connectivity index (χ1) is 12.9. The van der Waals surface area contributed by atoms with Crippen molar-refractivity contribution in [1.29, 1.82) is 0 Å². The number of sulfone groups is 1. The average Bonchev–Trinajstić information content (AvgIpc) is 2.96. The Hall–Kier alpha value is -2.50. The number of allylic oxidation sites excluding steroid dienone is 2. The van der Waals surface area contributed by atoms with Gasteiger partial charge in [0.2, 0.25) is 0 Å². The van der Waals surface area contributed by atoms with Gasteiger partial charge in [0.25, 0.3) is 0 Å². The van der Waals surface area contributed by atoms with Crippen molar-refractivity contribution in [1.82, 2.24) is 0 Å². The van der Waals surface area contributed by atoms with E-state index in [-0.39, 0.29) is 34.9 Å². The van der Waals surface area contributed by atoms with Gasteiger partial charge >= 0.3 is 11.9 Å². The summed E-state index contributed by atoms with van der Waals surface area (Å²) in [6, 6.07) is 0. The number of carboxylic acid groups (broad SMARTS) is 1. The Bertz CT molecular complexity index is 1030. The van der Waals surface area contributed by atoms with E-state index in [9.17, 15) is 28.2 Å². The second-order valence-electron chi connectivity index (χ2n) is 6.57. The van der Waals surface area contributed by atoms with Gasteiger partial charge in [-0.25, -0.2) is 13.2 Å². The topological polar surface area (TPSA) is 118 Å². The smallest absolute Gasteiger partial charge is 0.342 e. The molecule has 2 atom stereocenters. The fourth-order valence-electron chi connectivity index (χ4n) is 3.28. The lowest BCUT2D eigenvalue weighted by atomic mass is 9.90. The molecular weight excluding hydrogens is 408 g/mol. The molecule has 0 spiro atoms. The predicted octanol–water partition coefficient (Wildman–Crippen LogP) is 2.15. The number of phenols is 1. The molecule has 0 bridgehead atoms. The van der Waals surface area contributed by atoms with Gasteiger partial charge in [0.05, 0.1) is 0 Å². The van der Waals surface area contributed by atoms with Gasteiger partial charge in [-0.05, 0) is 18.9 Å². The van der Waals surface area contributed by atoms with Gasteiger partial charge in [-0.2, -0.15) is 0 Å². The highest BCUT2D eigenvalue weighted by atomic mass is 35.5. The molecule has 1 aromatic rings. The maximum atomic E-state index is 11.9. The van der Waals surface area contributed by atoms with Crippen molar-refractivity contribution in [3.63, 3.8) is 0 Å². The molecular formula is C19H19ClO7S. The molecule has 2 rings (SSSR count). The van der Waals surface area contributed by atoms with Gasteiger partial charge in [0.15, 0.2) is 15.1 Å². The highest BCUT2D eigenvalue weighted by molar-refractivity contribution is 7.92. The number of benzene rings is 1. The van der Waals surface area contributed by atoms with Crippen LogP contribution in [-0.2, 0) is 32.4 Å². The molecule has 0 saturated carbocycles. The largest absolute Gasteiger partial charge is 0.507 e. The highest BCUT2D eigenvalue weighted by Crippen LogP contribution is 2.38. The number of hydrogen-bond acceptors (Lipinski definition) is 6. The zero-order chi connectivity index (χ0) is 21.4. The molecule has 0 aliphatic carbocycles. The van der Waals surface area contributed by atoms with E-state index in [1.165, 1.54) is 13.0 Å². The third kappa shape index (κ3) is 3.86. The summed E-state index contributed by atoms with van der Waals surface area (Å²) in [6.45, 7) is 3.10. The molecule has 0 fully saturated rings. The molecule has 1 aromatic carbocycles. The Balaban J connectivity index is 2.48. The number of esters is 1. The molecule has 28 heavy (non-hydrogen) atoms. The maximum absolute atomic E-state index is 11.9. The first kappa shape index (κ1) is 21.8. The third-order valence-corrected chi connectivity index (χ3v) is 6.78. The number of halogens is 1. The summed E-state index contributed by atoms with van der Waals surface area (Å²) in [4.78, 5) is 23.3. The third-order valence-electron chi connectivity index (χ3n) is 4.74. The number of aromatic hydroxyl groups is 1. The SMILES string of the molecule is C#Cc1c(C)c2c(c(O)c1C/C=C(/Cl)C(C)C(C(=O)O)S(C)(=O)=O)C(=O)OC2. The molecule has 2 N–H and O–H groups in total. The lowest BCUT2D eigenvalue weighted by Gasteiger charge is -2.18. The van der Waals surface area contributed by atoms with Crippen LogP contribution in [-0.4, -0.2) is 42.1 Å². The molecule has 150 valence electrons. The Morgan fingerprint density at radius 1 is 1.46 bits per heavy atom. The molecule has 7 nitrogen and oxygen atoms in total. The number of aliphatic carboxylic acids is 1. The summed E-state index contributed by atoms with van der Waals surface area (Å²) in [5, 5.41) is 18.0. The van der Waals surface area contributed by atoms with Crippen LogP contribution in [0.3, 0.4) is 0 Å². The van der Waals surface area contributed by atoms with Crippen molar-refractivity contribution in [2.75, 3.05) is 6.26 Å². The van der Waals surface area contributed by atoms with Crippen LogP contribution in [0, 0.1) is 25.2 Å². The molecule has 1 heterocycles.